The van der Waals surface area contributed by atoms with Crippen LogP contribution in [-0.2, 0) is 10.5 Å². The zero-order valence-corrected chi connectivity index (χ0v) is 22.7. The van der Waals surface area contributed by atoms with Crippen LogP contribution >= 0.6 is 50.9 Å². The number of benzene rings is 2. The molecule has 5 rings (SSSR count). The Balaban J connectivity index is 1.73. The third-order valence-corrected chi connectivity index (χ3v) is 8.22. The minimum absolute atomic E-state index is 0.111. The largest absolute Gasteiger partial charge is 0.496 e. The molecule has 178 valence electrons. The Kier molecular flexibility index (Phi) is 6.40. The fourth-order valence-corrected chi connectivity index (χ4v) is 6.53. The van der Waals surface area contributed by atoms with Gasteiger partial charge in [0.15, 0.2) is 5.69 Å². The molecule has 0 atom stereocenters. The molecular formula is C24H22BrCl2N3O3S. The first-order valence-electron chi connectivity index (χ1n) is 10.7. The molecule has 0 aliphatic carbocycles. The molecule has 0 unspecified atom stereocenters. The number of hydrogen-bond acceptors (Lipinski definition) is 5. The molecule has 1 aromatic heterocycles. The van der Waals surface area contributed by atoms with Crippen LogP contribution in [0.4, 0.5) is 0 Å². The van der Waals surface area contributed by atoms with Gasteiger partial charge in [-0.1, -0.05) is 23.2 Å². The van der Waals surface area contributed by atoms with Crippen LogP contribution in [0, 0.1) is 0 Å². The van der Waals surface area contributed by atoms with E-state index in [0.29, 0.717) is 46.9 Å². The normalized spacial score (nSPS) is 16.7. The zero-order chi connectivity index (χ0) is 24.2. The fourth-order valence-electron chi connectivity index (χ4n) is 4.37. The average Bonchev–Trinajstić information content (AvgIpc) is 3.17. The van der Waals surface area contributed by atoms with Gasteiger partial charge in [-0.3, -0.25) is 4.79 Å². The highest BCUT2D eigenvalue weighted by molar-refractivity contribution is 9.10. The van der Waals surface area contributed by atoms with E-state index in [-0.39, 0.29) is 5.91 Å². The topological polar surface area (TPSA) is 56.6 Å². The number of methoxy groups -OCH3 is 1. The SMILES string of the molecule is COc1cc2c(cc1Br)-c1c(c(C(=O)N3CCOCC3(C)C)nn1-c1cc(Cl)cc(Cl)c1)SC2. The lowest BCUT2D eigenvalue weighted by Gasteiger charge is -2.41. The maximum absolute atomic E-state index is 13.8. The van der Waals surface area contributed by atoms with Crippen LogP contribution in [0.5, 0.6) is 5.75 Å². The van der Waals surface area contributed by atoms with Gasteiger partial charge in [-0.25, -0.2) is 4.68 Å². The van der Waals surface area contributed by atoms with E-state index >= 15 is 0 Å². The van der Waals surface area contributed by atoms with Crippen molar-refractivity contribution in [3.8, 4) is 22.7 Å². The number of carbonyl (C=O) groups is 1. The molecule has 2 aromatic carbocycles. The molecule has 0 N–H and O–H groups in total. The van der Waals surface area contributed by atoms with E-state index in [2.05, 4.69) is 15.9 Å². The summed E-state index contributed by atoms with van der Waals surface area (Å²) in [4.78, 5) is 16.5. The van der Waals surface area contributed by atoms with E-state index in [1.54, 1.807) is 41.8 Å². The Morgan fingerprint density at radius 3 is 2.62 bits per heavy atom. The van der Waals surface area contributed by atoms with Gasteiger partial charge < -0.3 is 14.4 Å². The van der Waals surface area contributed by atoms with Gasteiger partial charge in [0, 0.05) is 27.9 Å². The molecule has 3 aromatic rings. The number of ether oxygens (including phenoxy) is 2. The number of amides is 1. The summed E-state index contributed by atoms with van der Waals surface area (Å²) in [6.07, 6.45) is 0. The van der Waals surface area contributed by atoms with E-state index in [4.69, 9.17) is 37.8 Å². The van der Waals surface area contributed by atoms with Gasteiger partial charge in [0.25, 0.3) is 5.91 Å². The van der Waals surface area contributed by atoms with Crippen molar-refractivity contribution in [1.82, 2.24) is 14.7 Å². The first kappa shape index (κ1) is 24.0. The Hall–Kier alpha value is -1.71. The van der Waals surface area contributed by atoms with Gasteiger partial charge in [0.05, 0.1) is 46.6 Å². The summed E-state index contributed by atoms with van der Waals surface area (Å²) in [5.74, 6) is 1.34. The highest BCUT2D eigenvalue weighted by Gasteiger charge is 2.39. The highest BCUT2D eigenvalue weighted by atomic mass is 79.9. The van der Waals surface area contributed by atoms with Crippen molar-refractivity contribution in [2.24, 2.45) is 0 Å². The molecule has 0 saturated carbocycles. The Labute approximate surface area is 220 Å². The average molecular weight is 583 g/mol. The molecule has 2 aliphatic heterocycles. The minimum atomic E-state index is -0.432. The second-order valence-corrected chi connectivity index (χ2v) is 11.5. The fraction of sp³-hybridized carbons (Fsp3) is 0.333. The van der Waals surface area contributed by atoms with Crippen molar-refractivity contribution in [3.05, 3.63) is 56.1 Å². The number of morpholine rings is 1. The van der Waals surface area contributed by atoms with Crippen LogP contribution < -0.4 is 4.74 Å². The van der Waals surface area contributed by atoms with Crippen molar-refractivity contribution < 1.29 is 14.3 Å². The molecule has 3 heterocycles. The third-order valence-electron chi connectivity index (χ3n) is 6.03. The summed E-state index contributed by atoms with van der Waals surface area (Å²) in [6, 6.07) is 9.31. The van der Waals surface area contributed by atoms with E-state index in [1.165, 1.54) is 0 Å². The number of rotatable bonds is 3. The molecule has 10 heteroatoms. The van der Waals surface area contributed by atoms with Crippen LogP contribution in [-0.4, -0.2) is 53.0 Å². The van der Waals surface area contributed by atoms with Crippen molar-refractivity contribution >= 4 is 56.8 Å². The van der Waals surface area contributed by atoms with Crippen LogP contribution in [0.2, 0.25) is 10.0 Å². The molecule has 1 amide bonds. The van der Waals surface area contributed by atoms with Gasteiger partial charge >= 0.3 is 0 Å². The lowest BCUT2D eigenvalue weighted by molar-refractivity contribution is -0.0374. The van der Waals surface area contributed by atoms with Crippen LogP contribution in [0.15, 0.2) is 39.7 Å². The number of carbonyl (C=O) groups excluding carboxylic acids is 1. The Morgan fingerprint density at radius 1 is 1.21 bits per heavy atom. The second-order valence-electron chi connectivity index (χ2n) is 8.82. The summed E-state index contributed by atoms with van der Waals surface area (Å²) < 4.78 is 13.7. The molecule has 1 fully saturated rings. The van der Waals surface area contributed by atoms with Crippen LogP contribution in [0.25, 0.3) is 16.9 Å². The standard InChI is InChI=1S/C24H22BrCl2N3O3S/c1-24(2)12-33-5-4-29(24)23(31)20-22-21(30(28-20)16-8-14(26)7-15(27)9-16)17-10-18(25)19(32-3)6-13(17)11-34-22/h6-10H,4-5,11-12H2,1-3H3. The lowest BCUT2D eigenvalue weighted by Crippen LogP contribution is -2.55. The summed E-state index contributed by atoms with van der Waals surface area (Å²) in [5, 5.41) is 5.84. The first-order valence-corrected chi connectivity index (χ1v) is 13.2. The van der Waals surface area contributed by atoms with E-state index in [0.717, 1.165) is 31.9 Å². The number of aromatic nitrogens is 2. The number of halogens is 3. The summed E-state index contributed by atoms with van der Waals surface area (Å²) in [5.41, 5.74) is 3.59. The molecule has 6 nitrogen and oxygen atoms in total. The maximum atomic E-state index is 13.8. The van der Waals surface area contributed by atoms with E-state index in [9.17, 15) is 4.79 Å². The minimum Gasteiger partial charge on any atom is -0.496 e. The number of thioether (sulfide) groups is 1. The van der Waals surface area contributed by atoms with Crippen LogP contribution in [0.3, 0.4) is 0 Å². The number of fused-ring (bicyclic) bond motifs is 3. The van der Waals surface area contributed by atoms with Crippen molar-refractivity contribution in [1.29, 1.82) is 0 Å². The summed E-state index contributed by atoms with van der Waals surface area (Å²) >= 11 is 17.9. The number of nitrogens with zero attached hydrogens (tertiary/aromatic N) is 3. The van der Waals surface area contributed by atoms with Crippen molar-refractivity contribution in [3.63, 3.8) is 0 Å². The predicted molar refractivity (Wildman–Crippen MR) is 139 cm³/mol. The molecule has 0 radical (unpaired) electrons. The van der Waals surface area contributed by atoms with E-state index in [1.807, 2.05) is 30.9 Å². The Morgan fingerprint density at radius 2 is 1.94 bits per heavy atom. The van der Waals surface area contributed by atoms with E-state index < -0.39 is 5.54 Å². The first-order chi connectivity index (χ1) is 16.2. The quantitative estimate of drug-likeness (QED) is 0.354. The Bertz CT molecular complexity index is 1290. The van der Waals surface area contributed by atoms with Gasteiger partial charge in [-0.05, 0) is 65.7 Å². The molecule has 0 bridgehead atoms. The summed E-state index contributed by atoms with van der Waals surface area (Å²) in [7, 11) is 1.65. The monoisotopic (exact) mass is 581 g/mol. The van der Waals surface area contributed by atoms with Gasteiger partial charge in [-0.2, -0.15) is 5.10 Å². The lowest BCUT2D eigenvalue weighted by atomic mass is 10.0. The molecule has 34 heavy (non-hydrogen) atoms. The van der Waals surface area contributed by atoms with Crippen molar-refractivity contribution in [2.45, 2.75) is 30.0 Å². The predicted octanol–water partition coefficient (Wildman–Crippen LogP) is 6.47. The van der Waals surface area contributed by atoms with Crippen LogP contribution in [0.1, 0.15) is 29.9 Å². The smallest absolute Gasteiger partial charge is 0.276 e. The van der Waals surface area contributed by atoms with Gasteiger partial charge in [0.1, 0.15) is 5.75 Å². The third kappa shape index (κ3) is 4.13. The maximum Gasteiger partial charge on any atom is 0.276 e. The molecule has 2 aliphatic rings. The second kappa shape index (κ2) is 9.06. The molecular weight excluding hydrogens is 561 g/mol. The van der Waals surface area contributed by atoms with Gasteiger partial charge in [0.2, 0.25) is 0 Å². The highest BCUT2D eigenvalue weighted by Crippen LogP contribution is 2.47. The molecule has 1 saturated heterocycles. The zero-order valence-electron chi connectivity index (χ0n) is 18.8. The van der Waals surface area contributed by atoms with Gasteiger partial charge in [-0.15, -0.1) is 11.8 Å². The van der Waals surface area contributed by atoms with Crippen molar-refractivity contribution in [2.75, 3.05) is 26.9 Å². The summed E-state index contributed by atoms with van der Waals surface area (Å²) in [6.45, 7) is 5.52. The number of hydrogen-bond donors (Lipinski definition) is 0. The molecule has 0 spiro atoms.